The topological polar surface area (TPSA) is 119 Å². The van der Waals surface area contributed by atoms with E-state index in [0.717, 1.165) is 0 Å². The van der Waals surface area contributed by atoms with Crippen molar-refractivity contribution < 1.29 is 19.6 Å². The van der Waals surface area contributed by atoms with E-state index < -0.39 is 22.9 Å². The number of carbonyl (C=O) groups excluding carboxylic acids is 1. The molecule has 2 atom stereocenters. The molecule has 0 aliphatic carbocycles. The molecule has 9 nitrogen and oxygen atoms in total. The maximum atomic E-state index is 12.2. The van der Waals surface area contributed by atoms with E-state index in [4.69, 9.17) is 5.11 Å². The van der Waals surface area contributed by atoms with Gasteiger partial charge in [0.2, 0.25) is 5.91 Å². The van der Waals surface area contributed by atoms with Crippen molar-refractivity contribution in [3.8, 4) is 0 Å². The van der Waals surface area contributed by atoms with Gasteiger partial charge in [0, 0.05) is 12.6 Å². The smallest absolute Gasteiger partial charge is 0.389 e. The Bertz CT molecular complexity index is 570. The van der Waals surface area contributed by atoms with Gasteiger partial charge < -0.3 is 20.1 Å². The predicted molar refractivity (Wildman–Crippen MR) is 70.4 cm³/mol. The third-order valence-electron chi connectivity index (χ3n) is 3.74. The first-order valence-electron chi connectivity index (χ1n) is 6.60. The maximum Gasteiger partial charge on any atom is 0.389 e. The number of aliphatic carboxylic acids is 1. The van der Waals surface area contributed by atoms with Gasteiger partial charge in [-0.1, -0.05) is 0 Å². The number of rotatable bonds is 4. The second-order valence-electron chi connectivity index (χ2n) is 5.04. The van der Waals surface area contributed by atoms with Crippen LogP contribution in [0.3, 0.4) is 0 Å². The molecule has 1 amide bonds. The third kappa shape index (κ3) is 3.18. The summed E-state index contributed by atoms with van der Waals surface area (Å²) in [6.07, 6.45) is 2.54. The van der Waals surface area contributed by atoms with Gasteiger partial charge in [-0.2, -0.15) is 4.68 Å². The molecule has 1 fully saturated rings. The predicted octanol–water partition coefficient (Wildman–Crippen LogP) is 0.503. The molecule has 0 unspecified atom stereocenters. The minimum absolute atomic E-state index is 0.134. The van der Waals surface area contributed by atoms with Gasteiger partial charge in [-0.3, -0.25) is 9.59 Å². The second-order valence-corrected chi connectivity index (χ2v) is 5.04. The van der Waals surface area contributed by atoms with E-state index in [0.29, 0.717) is 19.4 Å². The highest BCUT2D eigenvalue weighted by Gasteiger charge is 2.35. The lowest BCUT2D eigenvalue weighted by atomic mass is 9.90. The van der Waals surface area contributed by atoms with Crippen LogP contribution in [0.4, 0.5) is 5.82 Å². The summed E-state index contributed by atoms with van der Waals surface area (Å²) in [7, 11) is 0. The van der Waals surface area contributed by atoms with Crippen molar-refractivity contribution in [1.29, 1.82) is 0 Å². The Morgan fingerprint density at radius 1 is 1.57 bits per heavy atom. The number of carboxylic acid groups (broad SMARTS) is 1. The molecule has 0 radical (unpaired) electrons. The highest BCUT2D eigenvalue weighted by atomic mass is 16.6. The molecular weight excluding hydrogens is 280 g/mol. The molecular formula is C12H16N4O5. The van der Waals surface area contributed by atoms with Crippen molar-refractivity contribution in [2.75, 3.05) is 6.54 Å². The standard InChI is InChI=1S/C12H16N4O5/c1-8-9(12(18)19)3-2-5-15(8)11(17)7-14-6-4-10(13-14)16(20)21/h4,6,8-9H,2-3,5,7H2,1H3,(H,18,19)/t8-,9-/m1/s1. The monoisotopic (exact) mass is 296 g/mol. The van der Waals surface area contributed by atoms with Gasteiger partial charge in [0.15, 0.2) is 0 Å². The summed E-state index contributed by atoms with van der Waals surface area (Å²) < 4.78 is 1.19. The quantitative estimate of drug-likeness (QED) is 0.638. The van der Waals surface area contributed by atoms with E-state index in [9.17, 15) is 19.7 Å². The Hall–Kier alpha value is -2.45. The number of amides is 1. The van der Waals surface area contributed by atoms with E-state index in [-0.39, 0.29) is 18.3 Å². The van der Waals surface area contributed by atoms with Gasteiger partial charge in [-0.15, -0.1) is 0 Å². The SMILES string of the molecule is C[C@@H]1[C@H](C(=O)O)CCCN1C(=O)Cn1ccc([N+](=O)[O-])n1. The van der Waals surface area contributed by atoms with Crippen LogP contribution in [-0.4, -0.2) is 49.2 Å². The van der Waals surface area contributed by atoms with Crippen LogP contribution in [0.15, 0.2) is 12.3 Å². The number of likely N-dealkylation sites (tertiary alicyclic amines) is 1. The second kappa shape index (κ2) is 5.90. The Labute approximate surface area is 120 Å². The summed E-state index contributed by atoms with van der Waals surface area (Å²) in [5, 5.41) is 23.4. The van der Waals surface area contributed by atoms with Crippen molar-refractivity contribution in [2.24, 2.45) is 5.92 Å². The molecule has 2 heterocycles. The Balaban J connectivity index is 2.04. The molecule has 21 heavy (non-hydrogen) atoms. The van der Waals surface area contributed by atoms with Gasteiger partial charge in [0.1, 0.15) is 6.54 Å². The van der Waals surface area contributed by atoms with Crippen LogP contribution in [0, 0.1) is 16.0 Å². The summed E-state index contributed by atoms with van der Waals surface area (Å²) in [5.74, 6) is -2.09. The largest absolute Gasteiger partial charge is 0.481 e. The molecule has 1 aromatic rings. The molecule has 0 spiro atoms. The summed E-state index contributed by atoms with van der Waals surface area (Å²) in [6.45, 7) is 2.07. The van der Waals surface area contributed by atoms with Crippen molar-refractivity contribution in [1.82, 2.24) is 14.7 Å². The molecule has 114 valence electrons. The van der Waals surface area contributed by atoms with Crippen molar-refractivity contribution in [3.05, 3.63) is 22.4 Å². The van der Waals surface area contributed by atoms with Crippen LogP contribution < -0.4 is 0 Å². The van der Waals surface area contributed by atoms with Gasteiger partial charge in [0.25, 0.3) is 0 Å². The molecule has 2 rings (SSSR count). The molecule has 1 aromatic heterocycles. The fourth-order valence-electron chi connectivity index (χ4n) is 2.59. The van der Waals surface area contributed by atoms with Crippen molar-refractivity contribution >= 4 is 17.7 Å². The number of hydrogen-bond donors (Lipinski definition) is 1. The van der Waals surface area contributed by atoms with E-state index in [1.54, 1.807) is 6.92 Å². The molecule has 1 N–H and O–H groups in total. The van der Waals surface area contributed by atoms with Gasteiger partial charge in [-0.25, -0.2) is 0 Å². The summed E-state index contributed by atoms with van der Waals surface area (Å²) >= 11 is 0. The van der Waals surface area contributed by atoms with E-state index >= 15 is 0 Å². The third-order valence-corrected chi connectivity index (χ3v) is 3.74. The number of hydrogen-bond acceptors (Lipinski definition) is 5. The number of carbonyl (C=O) groups is 2. The lowest BCUT2D eigenvalue weighted by Crippen LogP contribution is -2.50. The number of aromatic nitrogens is 2. The van der Waals surface area contributed by atoms with E-state index in [2.05, 4.69) is 5.10 Å². The molecule has 9 heteroatoms. The fourth-order valence-corrected chi connectivity index (χ4v) is 2.59. The first kappa shape index (κ1) is 14.9. The highest BCUT2D eigenvalue weighted by Crippen LogP contribution is 2.24. The number of carboxylic acids is 1. The Morgan fingerprint density at radius 3 is 2.86 bits per heavy atom. The molecule has 1 aliphatic heterocycles. The normalized spacial score (nSPS) is 22.0. The zero-order valence-corrected chi connectivity index (χ0v) is 11.5. The lowest BCUT2D eigenvalue weighted by Gasteiger charge is -2.37. The van der Waals surface area contributed by atoms with Gasteiger partial charge >= 0.3 is 11.8 Å². The lowest BCUT2D eigenvalue weighted by molar-refractivity contribution is -0.389. The van der Waals surface area contributed by atoms with E-state index in [1.807, 2.05) is 0 Å². The Kier molecular flexibility index (Phi) is 4.20. The van der Waals surface area contributed by atoms with Crippen LogP contribution in [-0.2, 0) is 16.1 Å². The average Bonchev–Trinajstić information content (AvgIpc) is 2.87. The summed E-state index contributed by atoms with van der Waals surface area (Å²) in [6, 6.07) is 0.821. The molecule has 1 saturated heterocycles. The molecule has 0 bridgehead atoms. The van der Waals surface area contributed by atoms with Crippen LogP contribution in [0.1, 0.15) is 19.8 Å². The van der Waals surface area contributed by atoms with Crippen LogP contribution in [0.25, 0.3) is 0 Å². The fraction of sp³-hybridized carbons (Fsp3) is 0.583. The van der Waals surface area contributed by atoms with Gasteiger partial charge in [0.05, 0.1) is 23.3 Å². The van der Waals surface area contributed by atoms with Crippen molar-refractivity contribution in [2.45, 2.75) is 32.4 Å². The summed E-state index contributed by atoms with van der Waals surface area (Å²) in [5.41, 5.74) is 0. The molecule has 1 aliphatic rings. The summed E-state index contributed by atoms with van der Waals surface area (Å²) in [4.78, 5) is 34.8. The zero-order chi connectivity index (χ0) is 15.6. The number of piperidine rings is 1. The molecule has 0 saturated carbocycles. The van der Waals surface area contributed by atoms with Crippen LogP contribution in [0.5, 0.6) is 0 Å². The first-order chi connectivity index (χ1) is 9.90. The van der Waals surface area contributed by atoms with Crippen LogP contribution in [0.2, 0.25) is 0 Å². The van der Waals surface area contributed by atoms with E-state index in [1.165, 1.54) is 21.8 Å². The van der Waals surface area contributed by atoms with Crippen molar-refractivity contribution in [3.63, 3.8) is 0 Å². The minimum Gasteiger partial charge on any atom is -0.481 e. The zero-order valence-electron chi connectivity index (χ0n) is 11.5. The highest BCUT2D eigenvalue weighted by molar-refractivity contribution is 5.78. The Morgan fingerprint density at radius 2 is 2.29 bits per heavy atom. The van der Waals surface area contributed by atoms with Gasteiger partial charge in [-0.05, 0) is 24.7 Å². The van der Waals surface area contributed by atoms with Crippen LogP contribution >= 0.6 is 0 Å². The molecule has 0 aromatic carbocycles. The minimum atomic E-state index is -0.908. The first-order valence-corrected chi connectivity index (χ1v) is 6.60. The maximum absolute atomic E-state index is 12.2. The number of nitro groups is 1. The number of nitrogens with zero attached hydrogens (tertiary/aromatic N) is 4. The average molecular weight is 296 g/mol.